The third kappa shape index (κ3) is 5.74. The van der Waals surface area contributed by atoms with E-state index in [2.05, 4.69) is 86.0 Å². The lowest BCUT2D eigenvalue weighted by Gasteiger charge is -2.36. The van der Waals surface area contributed by atoms with Crippen LogP contribution in [0.15, 0.2) is 36.5 Å². The predicted molar refractivity (Wildman–Crippen MR) is 172 cm³/mol. The Bertz CT molecular complexity index is 1570. The molecule has 0 fully saturated rings. The molecule has 2 aromatic carbocycles. The van der Waals surface area contributed by atoms with Crippen LogP contribution in [0.1, 0.15) is 71.8 Å². The molecule has 4 rings (SSSR count). The van der Waals surface area contributed by atoms with Gasteiger partial charge in [-0.3, -0.25) is 4.79 Å². The summed E-state index contributed by atoms with van der Waals surface area (Å²) in [6, 6.07) is 8.80. The molecule has 0 N–H and O–H groups in total. The minimum Gasteiger partial charge on any atom is -0.489 e. The molecule has 0 bridgehead atoms. The van der Waals surface area contributed by atoms with E-state index in [9.17, 15) is 9.18 Å². The van der Waals surface area contributed by atoms with Crippen LogP contribution < -0.4 is 4.74 Å². The number of hydrogen-bond donors (Lipinski definition) is 0. The van der Waals surface area contributed by atoms with Crippen molar-refractivity contribution in [2.45, 2.75) is 79.4 Å². The maximum Gasteiger partial charge on any atom is 0.252 e. The van der Waals surface area contributed by atoms with Gasteiger partial charge in [-0.15, -0.1) is 0 Å². The SMILES string of the molecule is CC(C)c1c(I)c2cc3c(cnn3C(=O)C(C)(C)C)cc2n1-c1ccc(F)cc1OCCO[Si](C)(C)C(C)(C)C. The van der Waals surface area contributed by atoms with Gasteiger partial charge in [-0.1, -0.05) is 55.4 Å². The lowest BCUT2D eigenvalue weighted by molar-refractivity contribution is 0.0755. The maximum absolute atomic E-state index is 14.5. The van der Waals surface area contributed by atoms with Gasteiger partial charge in [0.25, 0.3) is 5.91 Å². The Labute approximate surface area is 251 Å². The van der Waals surface area contributed by atoms with E-state index in [1.165, 1.54) is 16.8 Å². The molecule has 2 heterocycles. The molecule has 9 heteroatoms. The molecular formula is C31H41FIN3O3Si. The van der Waals surface area contributed by atoms with Crippen LogP contribution in [0.5, 0.6) is 5.75 Å². The first-order valence-corrected chi connectivity index (χ1v) is 17.8. The molecular weight excluding hydrogens is 636 g/mol. The van der Waals surface area contributed by atoms with Gasteiger partial charge in [0.1, 0.15) is 18.2 Å². The molecule has 4 aromatic rings. The molecule has 0 unspecified atom stereocenters. The topological polar surface area (TPSA) is 58.3 Å². The normalized spacial score (nSPS) is 13.1. The van der Waals surface area contributed by atoms with E-state index >= 15 is 0 Å². The van der Waals surface area contributed by atoms with Gasteiger partial charge >= 0.3 is 0 Å². The van der Waals surface area contributed by atoms with Crippen molar-refractivity contribution in [1.29, 1.82) is 0 Å². The summed E-state index contributed by atoms with van der Waals surface area (Å²) in [5, 5.41) is 6.41. The van der Waals surface area contributed by atoms with Gasteiger partial charge in [0, 0.05) is 31.5 Å². The number of nitrogens with zero attached hydrogens (tertiary/aromatic N) is 3. The largest absolute Gasteiger partial charge is 0.489 e. The number of hydrogen-bond acceptors (Lipinski definition) is 4. The van der Waals surface area contributed by atoms with Crippen LogP contribution in [0.3, 0.4) is 0 Å². The van der Waals surface area contributed by atoms with Crippen molar-refractivity contribution >= 4 is 58.6 Å². The molecule has 216 valence electrons. The quantitative estimate of drug-likeness (QED) is 0.111. The Hall–Kier alpha value is -2.24. The Kier molecular flexibility index (Phi) is 8.34. The van der Waals surface area contributed by atoms with E-state index in [1.807, 2.05) is 26.8 Å². The Morgan fingerprint density at radius 2 is 1.73 bits per heavy atom. The van der Waals surface area contributed by atoms with Crippen LogP contribution in [-0.4, -0.2) is 41.8 Å². The Morgan fingerprint density at radius 1 is 1.05 bits per heavy atom. The molecule has 2 aromatic heterocycles. The molecule has 40 heavy (non-hydrogen) atoms. The summed E-state index contributed by atoms with van der Waals surface area (Å²) in [5.74, 6) is 0.225. The number of halogens is 2. The van der Waals surface area contributed by atoms with Gasteiger partial charge in [-0.2, -0.15) is 9.78 Å². The predicted octanol–water partition coefficient (Wildman–Crippen LogP) is 8.93. The molecule has 0 amide bonds. The fraction of sp³-hybridized carbons (Fsp3) is 0.484. The van der Waals surface area contributed by atoms with Gasteiger partial charge in [0.2, 0.25) is 0 Å². The van der Waals surface area contributed by atoms with Crippen LogP contribution in [0.4, 0.5) is 4.39 Å². The number of carbonyl (C=O) groups is 1. The smallest absolute Gasteiger partial charge is 0.252 e. The number of ether oxygens (including phenoxy) is 1. The van der Waals surface area contributed by atoms with E-state index in [0.29, 0.717) is 19.0 Å². The summed E-state index contributed by atoms with van der Waals surface area (Å²) in [5.41, 5.74) is 3.03. The number of aromatic nitrogens is 3. The van der Waals surface area contributed by atoms with Gasteiger partial charge in [-0.05, 0) is 70.9 Å². The zero-order valence-corrected chi connectivity index (χ0v) is 28.4. The summed E-state index contributed by atoms with van der Waals surface area (Å²) >= 11 is 2.38. The molecule has 0 spiro atoms. The minimum atomic E-state index is -1.92. The standard InChI is InChI=1S/C31H41FIN3O3Si/c1-19(2)28-27(33)22-17-24-20(18-34-36(24)29(37)30(3,4)5)15-25(22)35(28)23-12-11-21(32)16-26(23)38-13-14-39-40(9,10)31(6,7)8/h11-12,15-19H,13-14H2,1-10H3. The third-order valence-electron chi connectivity index (χ3n) is 7.78. The second-order valence-corrected chi connectivity index (χ2v) is 19.2. The number of benzene rings is 2. The molecule has 0 atom stereocenters. The lowest BCUT2D eigenvalue weighted by Crippen LogP contribution is -2.41. The molecule has 6 nitrogen and oxygen atoms in total. The maximum atomic E-state index is 14.5. The van der Waals surface area contributed by atoms with Gasteiger partial charge in [-0.25, -0.2) is 4.39 Å². The molecule has 0 saturated heterocycles. The van der Waals surface area contributed by atoms with E-state index in [4.69, 9.17) is 9.16 Å². The van der Waals surface area contributed by atoms with Gasteiger partial charge < -0.3 is 13.7 Å². The molecule has 0 radical (unpaired) electrons. The van der Waals surface area contributed by atoms with E-state index in [-0.39, 0.29) is 22.7 Å². The Morgan fingerprint density at radius 3 is 2.33 bits per heavy atom. The minimum absolute atomic E-state index is 0.0606. The lowest BCUT2D eigenvalue weighted by atomic mass is 9.96. The average molecular weight is 678 g/mol. The second kappa shape index (κ2) is 10.9. The fourth-order valence-corrected chi connectivity index (χ4v) is 6.82. The van der Waals surface area contributed by atoms with Crippen LogP contribution in [0, 0.1) is 14.8 Å². The van der Waals surface area contributed by atoms with Crippen molar-refractivity contribution in [1.82, 2.24) is 14.3 Å². The summed E-state index contributed by atoms with van der Waals surface area (Å²) in [7, 11) is -1.92. The average Bonchev–Trinajstić information content (AvgIpc) is 3.37. The highest BCUT2D eigenvalue weighted by Crippen LogP contribution is 2.40. The van der Waals surface area contributed by atoms with Crippen molar-refractivity contribution in [2.24, 2.45) is 5.41 Å². The van der Waals surface area contributed by atoms with Crippen molar-refractivity contribution in [3.63, 3.8) is 0 Å². The third-order valence-corrected chi connectivity index (χ3v) is 13.5. The summed E-state index contributed by atoms with van der Waals surface area (Å²) in [6.07, 6.45) is 1.73. The highest BCUT2D eigenvalue weighted by molar-refractivity contribution is 14.1. The summed E-state index contributed by atoms with van der Waals surface area (Å²) < 4.78 is 31.8. The fourth-order valence-electron chi connectivity index (χ4n) is 4.49. The van der Waals surface area contributed by atoms with Gasteiger partial charge in [0.15, 0.2) is 8.32 Å². The monoisotopic (exact) mass is 677 g/mol. The first-order valence-electron chi connectivity index (χ1n) is 13.8. The number of fused-ring (bicyclic) bond motifs is 2. The molecule has 0 aliphatic heterocycles. The summed E-state index contributed by atoms with van der Waals surface area (Å²) in [4.78, 5) is 13.1. The van der Waals surface area contributed by atoms with Crippen LogP contribution in [0.2, 0.25) is 18.1 Å². The first-order chi connectivity index (χ1) is 18.4. The molecule has 0 saturated carbocycles. The zero-order chi connectivity index (χ0) is 29.8. The number of carbonyl (C=O) groups excluding carboxylic acids is 1. The van der Waals surface area contributed by atoms with E-state index in [1.54, 1.807) is 12.3 Å². The molecule has 0 aliphatic rings. The number of rotatable bonds is 7. The highest BCUT2D eigenvalue weighted by atomic mass is 127. The van der Waals surface area contributed by atoms with E-state index < -0.39 is 13.7 Å². The van der Waals surface area contributed by atoms with Crippen LogP contribution in [-0.2, 0) is 4.43 Å². The van der Waals surface area contributed by atoms with Crippen molar-refractivity contribution < 1.29 is 18.3 Å². The van der Waals surface area contributed by atoms with Crippen molar-refractivity contribution in [3.05, 3.63) is 51.6 Å². The Balaban J connectivity index is 1.82. The highest BCUT2D eigenvalue weighted by Gasteiger charge is 2.37. The van der Waals surface area contributed by atoms with Crippen molar-refractivity contribution in [3.8, 4) is 11.4 Å². The summed E-state index contributed by atoms with van der Waals surface area (Å²) in [6.45, 7) is 21.8. The molecule has 0 aliphatic carbocycles. The van der Waals surface area contributed by atoms with E-state index in [0.717, 1.165) is 36.8 Å². The second-order valence-electron chi connectivity index (χ2n) is 13.3. The first kappa shape index (κ1) is 30.7. The van der Waals surface area contributed by atoms with Crippen LogP contribution >= 0.6 is 22.6 Å². The van der Waals surface area contributed by atoms with Crippen LogP contribution in [0.25, 0.3) is 27.5 Å². The zero-order valence-electron chi connectivity index (χ0n) is 25.3. The van der Waals surface area contributed by atoms with Gasteiger partial charge in [0.05, 0.1) is 29.5 Å². The van der Waals surface area contributed by atoms with Crippen molar-refractivity contribution in [2.75, 3.05) is 13.2 Å².